The molecule has 0 atom stereocenters. The number of fused-ring (bicyclic) bond motifs is 2. The van der Waals surface area contributed by atoms with Crippen LogP contribution in [0.4, 0.5) is 5.69 Å². The first-order valence-corrected chi connectivity index (χ1v) is 11.8. The van der Waals surface area contributed by atoms with Gasteiger partial charge in [0.15, 0.2) is 5.82 Å². The third kappa shape index (κ3) is 3.64. The number of H-pyrrole nitrogens is 2. The summed E-state index contributed by atoms with van der Waals surface area (Å²) >= 11 is 0. The highest BCUT2D eigenvalue weighted by molar-refractivity contribution is 5.99. The van der Waals surface area contributed by atoms with Gasteiger partial charge in [0.05, 0.1) is 29.2 Å². The largest absolute Gasteiger partial charge is 0.465 e. The number of methoxy groups -OCH3 is 1. The van der Waals surface area contributed by atoms with Gasteiger partial charge in [-0.05, 0) is 75.2 Å². The summed E-state index contributed by atoms with van der Waals surface area (Å²) in [4.78, 5) is 25.3. The van der Waals surface area contributed by atoms with E-state index in [0.29, 0.717) is 17.1 Å². The molecule has 2 saturated heterocycles. The van der Waals surface area contributed by atoms with Gasteiger partial charge in [-0.2, -0.15) is 5.10 Å². The van der Waals surface area contributed by atoms with Crippen LogP contribution < -0.4 is 4.90 Å². The van der Waals surface area contributed by atoms with Gasteiger partial charge in [-0.3, -0.25) is 5.10 Å². The number of imidazole rings is 1. The van der Waals surface area contributed by atoms with Gasteiger partial charge in [-0.1, -0.05) is 0 Å². The third-order valence-electron chi connectivity index (χ3n) is 7.16. The first-order chi connectivity index (χ1) is 16.2. The van der Waals surface area contributed by atoms with Crippen LogP contribution in [0.15, 0.2) is 36.4 Å². The van der Waals surface area contributed by atoms with Gasteiger partial charge in [0.25, 0.3) is 0 Å². The van der Waals surface area contributed by atoms with Crippen LogP contribution in [-0.4, -0.2) is 70.4 Å². The molecule has 0 spiro atoms. The Labute approximate surface area is 191 Å². The van der Waals surface area contributed by atoms with E-state index in [1.54, 1.807) is 12.1 Å². The molecule has 0 radical (unpaired) electrons. The predicted molar refractivity (Wildman–Crippen MR) is 129 cm³/mol. The van der Waals surface area contributed by atoms with Crippen molar-refractivity contribution < 1.29 is 9.53 Å². The van der Waals surface area contributed by atoms with E-state index in [1.807, 2.05) is 6.07 Å². The zero-order valence-electron chi connectivity index (χ0n) is 18.8. The number of carbonyl (C=O) groups excluding carboxylic acids is 1. The number of carbonyl (C=O) groups is 1. The highest BCUT2D eigenvalue weighted by atomic mass is 16.5. The van der Waals surface area contributed by atoms with E-state index < -0.39 is 0 Å². The molecule has 0 saturated carbocycles. The first-order valence-electron chi connectivity index (χ1n) is 11.8. The van der Waals surface area contributed by atoms with Crippen LogP contribution in [0.25, 0.3) is 33.5 Å². The van der Waals surface area contributed by atoms with E-state index in [2.05, 4.69) is 43.2 Å². The lowest BCUT2D eigenvalue weighted by Gasteiger charge is -2.37. The number of hydrogen-bond acceptors (Lipinski definition) is 6. The molecular weight excluding hydrogens is 416 g/mol. The smallest absolute Gasteiger partial charge is 0.337 e. The monoisotopic (exact) mass is 444 g/mol. The molecule has 0 amide bonds. The van der Waals surface area contributed by atoms with E-state index in [0.717, 1.165) is 41.1 Å². The second-order valence-electron chi connectivity index (χ2n) is 9.07. The van der Waals surface area contributed by atoms with E-state index in [1.165, 1.54) is 51.6 Å². The fraction of sp³-hybridized carbons (Fsp3) is 0.400. The van der Waals surface area contributed by atoms with Crippen molar-refractivity contribution >= 4 is 33.6 Å². The van der Waals surface area contributed by atoms with E-state index >= 15 is 0 Å². The number of aromatic amines is 2. The normalized spacial score (nSPS) is 17.9. The number of hydrogen-bond donors (Lipinski definition) is 2. The van der Waals surface area contributed by atoms with Gasteiger partial charge in [-0.25, -0.2) is 9.78 Å². The van der Waals surface area contributed by atoms with Gasteiger partial charge in [0.1, 0.15) is 5.69 Å². The molecule has 2 aliphatic rings. The van der Waals surface area contributed by atoms with E-state index in [9.17, 15) is 4.79 Å². The number of anilines is 1. The average Bonchev–Trinajstić information content (AvgIpc) is 3.62. The fourth-order valence-corrected chi connectivity index (χ4v) is 5.34. The predicted octanol–water partition coefficient (Wildman–Crippen LogP) is 3.96. The maximum Gasteiger partial charge on any atom is 0.337 e. The molecule has 0 bridgehead atoms. The lowest BCUT2D eigenvalue weighted by molar-refractivity contribution is 0.0601. The van der Waals surface area contributed by atoms with Crippen LogP contribution in [0, 0.1) is 0 Å². The Bertz CT molecular complexity index is 1310. The number of esters is 1. The quantitative estimate of drug-likeness (QED) is 0.463. The number of likely N-dealkylation sites (tertiary alicyclic amines) is 1. The molecule has 4 heterocycles. The third-order valence-corrected chi connectivity index (χ3v) is 7.16. The van der Waals surface area contributed by atoms with Crippen molar-refractivity contribution in [2.24, 2.45) is 0 Å². The summed E-state index contributed by atoms with van der Waals surface area (Å²) in [5.41, 5.74) is 5.16. The van der Waals surface area contributed by atoms with Crippen molar-refractivity contribution in [3.63, 3.8) is 0 Å². The van der Waals surface area contributed by atoms with E-state index in [-0.39, 0.29) is 5.97 Å². The highest BCUT2D eigenvalue weighted by Crippen LogP contribution is 2.30. The Morgan fingerprint density at radius 3 is 2.64 bits per heavy atom. The number of nitrogens with one attached hydrogen (secondary N) is 2. The van der Waals surface area contributed by atoms with Gasteiger partial charge < -0.3 is 19.5 Å². The summed E-state index contributed by atoms with van der Waals surface area (Å²) in [6, 6.07) is 12.5. The SMILES string of the molecule is COC(=O)c1ccc2[nH]nc(-c3nc4ccc(N5CCC(N6CCCC6)CC5)cc4[nH]3)c2c1. The molecular formula is C25H28N6O2. The van der Waals surface area contributed by atoms with Gasteiger partial charge >= 0.3 is 5.97 Å². The fourth-order valence-electron chi connectivity index (χ4n) is 5.34. The van der Waals surface area contributed by atoms with Crippen LogP contribution in [0.2, 0.25) is 0 Å². The Balaban J connectivity index is 1.26. The van der Waals surface area contributed by atoms with Crippen molar-refractivity contribution in [1.29, 1.82) is 0 Å². The zero-order valence-corrected chi connectivity index (χ0v) is 18.8. The molecule has 4 aromatic rings. The highest BCUT2D eigenvalue weighted by Gasteiger charge is 2.26. The molecule has 2 fully saturated rings. The minimum atomic E-state index is -0.369. The molecule has 2 aromatic heterocycles. The van der Waals surface area contributed by atoms with Gasteiger partial charge in [-0.15, -0.1) is 0 Å². The maximum atomic E-state index is 12.0. The Morgan fingerprint density at radius 1 is 1.03 bits per heavy atom. The van der Waals surface area contributed by atoms with Crippen molar-refractivity contribution in [3.05, 3.63) is 42.0 Å². The number of ether oxygens (including phenoxy) is 1. The zero-order chi connectivity index (χ0) is 22.4. The summed E-state index contributed by atoms with van der Waals surface area (Å²) in [6.07, 6.45) is 5.17. The topological polar surface area (TPSA) is 90.1 Å². The molecule has 8 nitrogen and oxygen atoms in total. The molecule has 170 valence electrons. The maximum absolute atomic E-state index is 12.0. The van der Waals surface area contributed by atoms with Crippen LogP contribution in [-0.2, 0) is 4.74 Å². The number of piperidine rings is 1. The van der Waals surface area contributed by atoms with Crippen molar-refractivity contribution in [1.82, 2.24) is 25.1 Å². The Kier molecular flexibility index (Phi) is 5.02. The Hall–Kier alpha value is -3.39. The second-order valence-corrected chi connectivity index (χ2v) is 9.07. The van der Waals surface area contributed by atoms with Crippen LogP contribution in [0.5, 0.6) is 0 Å². The molecule has 2 N–H and O–H groups in total. The summed E-state index contributed by atoms with van der Waals surface area (Å²) in [7, 11) is 1.38. The summed E-state index contributed by atoms with van der Waals surface area (Å²) in [5, 5.41) is 8.32. The molecule has 6 rings (SSSR count). The number of rotatable bonds is 4. The molecule has 2 aromatic carbocycles. The van der Waals surface area contributed by atoms with Crippen LogP contribution in [0.3, 0.4) is 0 Å². The van der Waals surface area contributed by atoms with E-state index in [4.69, 9.17) is 9.72 Å². The van der Waals surface area contributed by atoms with Gasteiger partial charge in [0.2, 0.25) is 0 Å². The lowest BCUT2D eigenvalue weighted by Crippen LogP contribution is -2.43. The van der Waals surface area contributed by atoms with Crippen molar-refractivity contribution in [2.75, 3.05) is 38.2 Å². The summed E-state index contributed by atoms with van der Waals surface area (Å²) in [5.74, 6) is 0.315. The Morgan fingerprint density at radius 2 is 1.85 bits per heavy atom. The van der Waals surface area contributed by atoms with Crippen molar-refractivity contribution in [2.45, 2.75) is 31.7 Å². The van der Waals surface area contributed by atoms with Crippen molar-refractivity contribution in [3.8, 4) is 11.5 Å². The standard InChI is InChI=1S/C25H28N6O2/c1-33-25(32)16-4-6-20-19(14-16)23(29-28-20)24-26-21-7-5-18(15-22(21)27-24)31-12-8-17(9-13-31)30-10-2-3-11-30/h4-7,14-15,17H,2-3,8-13H2,1H3,(H,26,27)(H,28,29). The summed E-state index contributed by atoms with van der Waals surface area (Å²) < 4.78 is 4.86. The van der Waals surface area contributed by atoms with Crippen LogP contribution >= 0.6 is 0 Å². The molecule has 2 aliphatic heterocycles. The minimum Gasteiger partial charge on any atom is -0.465 e. The average molecular weight is 445 g/mol. The van der Waals surface area contributed by atoms with Crippen LogP contribution in [0.1, 0.15) is 36.0 Å². The molecule has 0 aliphatic carbocycles. The lowest BCUT2D eigenvalue weighted by atomic mass is 10.0. The molecule has 0 unspecified atom stereocenters. The summed E-state index contributed by atoms with van der Waals surface area (Å²) in [6.45, 7) is 4.73. The molecule has 8 heteroatoms. The second kappa shape index (κ2) is 8.19. The number of aromatic nitrogens is 4. The number of benzene rings is 2. The number of nitrogens with zero attached hydrogens (tertiary/aromatic N) is 4. The minimum absolute atomic E-state index is 0.369. The molecule has 33 heavy (non-hydrogen) atoms. The first kappa shape index (κ1) is 20.2. The van der Waals surface area contributed by atoms with Gasteiger partial charge in [0, 0.05) is 30.2 Å².